The zero-order valence-corrected chi connectivity index (χ0v) is 11.6. The molecule has 1 heterocycles. The number of carbonyl (C=O) groups excluding carboxylic acids is 2. The summed E-state index contributed by atoms with van der Waals surface area (Å²) in [6, 6.07) is -0.0106. The Hall–Kier alpha value is -1.32. The Morgan fingerprint density at radius 2 is 2.11 bits per heavy atom. The maximum absolute atomic E-state index is 12.0. The van der Waals surface area contributed by atoms with Crippen molar-refractivity contribution in [2.24, 2.45) is 5.92 Å². The number of likely N-dealkylation sites (tertiary alicyclic amines) is 1. The SMILES string of the molecule is C=CCC(=O)NC1CC(=O)N(CC2CCCCC2)C1. The monoisotopic (exact) mass is 264 g/mol. The van der Waals surface area contributed by atoms with Crippen molar-refractivity contribution >= 4 is 11.8 Å². The first-order valence-electron chi connectivity index (χ1n) is 7.37. The van der Waals surface area contributed by atoms with E-state index in [1.807, 2.05) is 4.90 Å². The van der Waals surface area contributed by atoms with Crippen LogP contribution in [0.2, 0.25) is 0 Å². The van der Waals surface area contributed by atoms with Crippen LogP contribution in [0.15, 0.2) is 12.7 Å². The van der Waals surface area contributed by atoms with Crippen LogP contribution in [0.5, 0.6) is 0 Å². The number of hydrogen-bond acceptors (Lipinski definition) is 2. The maximum Gasteiger partial charge on any atom is 0.224 e. The van der Waals surface area contributed by atoms with E-state index in [0.29, 0.717) is 25.3 Å². The quantitative estimate of drug-likeness (QED) is 0.771. The molecule has 2 amide bonds. The summed E-state index contributed by atoms with van der Waals surface area (Å²) in [5.74, 6) is 0.821. The van der Waals surface area contributed by atoms with Gasteiger partial charge in [-0.05, 0) is 18.8 Å². The fourth-order valence-corrected chi connectivity index (χ4v) is 3.14. The summed E-state index contributed by atoms with van der Waals surface area (Å²) in [7, 11) is 0. The number of nitrogens with one attached hydrogen (secondary N) is 1. The molecule has 1 aliphatic heterocycles. The first-order valence-corrected chi connectivity index (χ1v) is 7.37. The van der Waals surface area contributed by atoms with Crippen LogP contribution in [0.25, 0.3) is 0 Å². The molecule has 2 aliphatic rings. The molecule has 1 unspecified atom stereocenters. The molecule has 1 aliphatic carbocycles. The fraction of sp³-hybridized carbons (Fsp3) is 0.733. The van der Waals surface area contributed by atoms with Crippen molar-refractivity contribution < 1.29 is 9.59 Å². The summed E-state index contributed by atoms with van der Waals surface area (Å²) in [6.45, 7) is 5.10. The average Bonchev–Trinajstić information content (AvgIpc) is 2.71. The third-order valence-electron chi connectivity index (χ3n) is 4.11. The number of nitrogens with zero attached hydrogens (tertiary/aromatic N) is 1. The predicted molar refractivity (Wildman–Crippen MR) is 74.5 cm³/mol. The van der Waals surface area contributed by atoms with E-state index >= 15 is 0 Å². The minimum atomic E-state index is -0.0349. The number of amides is 2. The minimum absolute atomic E-state index is 0.0106. The van der Waals surface area contributed by atoms with Crippen LogP contribution in [0.4, 0.5) is 0 Å². The van der Waals surface area contributed by atoms with Gasteiger partial charge in [0.05, 0.1) is 6.04 Å². The Bertz CT molecular complexity index is 348. The van der Waals surface area contributed by atoms with Gasteiger partial charge in [-0.1, -0.05) is 25.3 Å². The second-order valence-electron chi connectivity index (χ2n) is 5.76. The van der Waals surface area contributed by atoms with Crippen LogP contribution in [0, 0.1) is 5.92 Å². The van der Waals surface area contributed by atoms with E-state index in [-0.39, 0.29) is 17.9 Å². The normalized spacial score (nSPS) is 24.5. The van der Waals surface area contributed by atoms with Gasteiger partial charge in [0.1, 0.15) is 0 Å². The zero-order valence-electron chi connectivity index (χ0n) is 11.6. The fourth-order valence-electron chi connectivity index (χ4n) is 3.14. The van der Waals surface area contributed by atoms with Gasteiger partial charge < -0.3 is 10.2 Å². The van der Waals surface area contributed by atoms with Gasteiger partial charge in [-0.15, -0.1) is 6.58 Å². The zero-order chi connectivity index (χ0) is 13.7. The van der Waals surface area contributed by atoms with Crippen LogP contribution in [-0.2, 0) is 9.59 Å². The molecule has 0 bridgehead atoms. The highest BCUT2D eigenvalue weighted by Gasteiger charge is 2.31. The lowest BCUT2D eigenvalue weighted by molar-refractivity contribution is -0.128. The lowest BCUT2D eigenvalue weighted by Crippen LogP contribution is -2.38. The molecule has 0 aromatic heterocycles. The Morgan fingerprint density at radius 1 is 1.37 bits per heavy atom. The van der Waals surface area contributed by atoms with Crippen molar-refractivity contribution in [2.75, 3.05) is 13.1 Å². The maximum atomic E-state index is 12.0. The van der Waals surface area contributed by atoms with Crippen molar-refractivity contribution in [3.8, 4) is 0 Å². The molecule has 1 saturated carbocycles. The van der Waals surface area contributed by atoms with Crippen molar-refractivity contribution in [3.05, 3.63) is 12.7 Å². The third-order valence-corrected chi connectivity index (χ3v) is 4.11. The van der Waals surface area contributed by atoms with Gasteiger partial charge >= 0.3 is 0 Å². The summed E-state index contributed by atoms with van der Waals surface area (Å²) < 4.78 is 0. The van der Waals surface area contributed by atoms with Crippen molar-refractivity contribution in [3.63, 3.8) is 0 Å². The van der Waals surface area contributed by atoms with Crippen molar-refractivity contribution in [1.29, 1.82) is 0 Å². The first kappa shape index (κ1) is 14.1. The molecular weight excluding hydrogens is 240 g/mol. The first-order chi connectivity index (χ1) is 9.19. The second kappa shape index (κ2) is 6.73. The van der Waals surface area contributed by atoms with E-state index in [1.54, 1.807) is 6.08 Å². The van der Waals surface area contributed by atoms with Crippen LogP contribution in [0.3, 0.4) is 0 Å². The van der Waals surface area contributed by atoms with Gasteiger partial charge in [0.25, 0.3) is 0 Å². The summed E-state index contributed by atoms with van der Waals surface area (Å²) in [6.07, 6.45) is 8.80. The minimum Gasteiger partial charge on any atom is -0.351 e. The molecule has 0 spiro atoms. The summed E-state index contributed by atoms with van der Waals surface area (Å²) in [5.41, 5.74) is 0. The molecule has 4 heteroatoms. The van der Waals surface area contributed by atoms with E-state index < -0.39 is 0 Å². The summed E-state index contributed by atoms with van der Waals surface area (Å²) >= 11 is 0. The molecule has 106 valence electrons. The standard InChI is InChI=1S/C15H24N2O2/c1-2-6-14(18)16-13-9-15(19)17(11-13)10-12-7-4-3-5-8-12/h2,12-13H,1,3-11H2,(H,16,18). The molecule has 1 atom stereocenters. The van der Waals surface area contributed by atoms with Crippen molar-refractivity contribution in [2.45, 2.75) is 51.0 Å². The van der Waals surface area contributed by atoms with E-state index in [9.17, 15) is 9.59 Å². The van der Waals surface area contributed by atoms with Crippen molar-refractivity contribution in [1.82, 2.24) is 10.2 Å². The summed E-state index contributed by atoms with van der Waals surface area (Å²) in [5, 5.41) is 2.90. The molecule has 2 fully saturated rings. The molecule has 0 radical (unpaired) electrons. The molecule has 0 aromatic rings. The Labute approximate surface area is 115 Å². The Balaban J connectivity index is 1.78. The molecule has 0 aromatic carbocycles. The Morgan fingerprint density at radius 3 is 2.79 bits per heavy atom. The van der Waals surface area contributed by atoms with Crippen LogP contribution in [-0.4, -0.2) is 35.8 Å². The average molecular weight is 264 g/mol. The number of rotatable bonds is 5. The summed E-state index contributed by atoms with van der Waals surface area (Å²) in [4.78, 5) is 25.4. The highest BCUT2D eigenvalue weighted by atomic mass is 16.2. The van der Waals surface area contributed by atoms with Crippen LogP contribution >= 0.6 is 0 Å². The molecule has 4 nitrogen and oxygen atoms in total. The molecular formula is C15H24N2O2. The highest BCUT2D eigenvalue weighted by Crippen LogP contribution is 2.26. The largest absolute Gasteiger partial charge is 0.351 e. The topological polar surface area (TPSA) is 49.4 Å². The molecule has 19 heavy (non-hydrogen) atoms. The third kappa shape index (κ3) is 4.08. The van der Waals surface area contributed by atoms with E-state index in [4.69, 9.17) is 0 Å². The lowest BCUT2D eigenvalue weighted by Gasteiger charge is -2.27. The van der Waals surface area contributed by atoms with Gasteiger partial charge in [-0.2, -0.15) is 0 Å². The van der Waals surface area contributed by atoms with Gasteiger partial charge in [-0.25, -0.2) is 0 Å². The van der Waals surface area contributed by atoms with E-state index in [0.717, 1.165) is 6.54 Å². The second-order valence-corrected chi connectivity index (χ2v) is 5.76. The predicted octanol–water partition coefficient (Wildman–Crippen LogP) is 1.86. The van der Waals surface area contributed by atoms with Crippen LogP contribution < -0.4 is 5.32 Å². The lowest BCUT2D eigenvalue weighted by atomic mass is 9.89. The van der Waals surface area contributed by atoms with E-state index in [2.05, 4.69) is 11.9 Å². The van der Waals surface area contributed by atoms with Gasteiger partial charge in [-0.3, -0.25) is 9.59 Å². The number of carbonyl (C=O) groups is 2. The highest BCUT2D eigenvalue weighted by molar-refractivity contribution is 5.82. The number of hydrogen-bond donors (Lipinski definition) is 1. The molecule has 2 rings (SSSR count). The smallest absolute Gasteiger partial charge is 0.224 e. The molecule has 1 N–H and O–H groups in total. The van der Waals surface area contributed by atoms with Crippen LogP contribution in [0.1, 0.15) is 44.9 Å². The van der Waals surface area contributed by atoms with Gasteiger partial charge in [0, 0.05) is 25.9 Å². The van der Waals surface area contributed by atoms with Gasteiger partial charge in [0.2, 0.25) is 11.8 Å². The molecule has 1 saturated heterocycles. The Kier molecular flexibility index (Phi) is 5.00. The van der Waals surface area contributed by atoms with Gasteiger partial charge in [0.15, 0.2) is 0 Å². The van der Waals surface area contributed by atoms with E-state index in [1.165, 1.54) is 32.1 Å².